The molecule has 3 aliphatic heterocycles. The van der Waals surface area contributed by atoms with Gasteiger partial charge < -0.3 is 14.2 Å². The lowest BCUT2D eigenvalue weighted by molar-refractivity contribution is -0.187. The molecule has 28 heavy (non-hydrogen) atoms. The van der Waals surface area contributed by atoms with Crippen LogP contribution in [-0.2, 0) is 29.1 Å². The van der Waals surface area contributed by atoms with Crippen molar-refractivity contribution >= 4 is 19.7 Å². The van der Waals surface area contributed by atoms with Crippen LogP contribution < -0.4 is 4.74 Å². The first kappa shape index (κ1) is 20.1. The van der Waals surface area contributed by atoms with Crippen molar-refractivity contribution in [3.63, 3.8) is 0 Å². The SMILES string of the molecule is COc1ccc(S(=O)(=O)[C@H]2CS(=O)(=O)C[C@@H]2N2CCC3(CC2)OCCO3)cc1. The van der Waals surface area contributed by atoms with E-state index in [1.54, 1.807) is 12.1 Å². The van der Waals surface area contributed by atoms with Crippen molar-refractivity contribution in [2.45, 2.75) is 34.8 Å². The smallest absolute Gasteiger partial charge is 0.183 e. The third-order valence-corrected chi connectivity index (χ3v) is 10.0. The molecule has 3 heterocycles. The topological polar surface area (TPSA) is 99.2 Å². The zero-order valence-corrected chi connectivity index (χ0v) is 17.4. The average Bonchev–Trinajstić information content (AvgIpc) is 3.27. The van der Waals surface area contributed by atoms with Crippen molar-refractivity contribution in [2.24, 2.45) is 0 Å². The number of methoxy groups -OCH3 is 1. The Morgan fingerprint density at radius 1 is 1.07 bits per heavy atom. The molecule has 0 saturated carbocycles. The molecule has 3 saturated heterocycles. The van der Waals surface area contributed by atoms with E-state index in [9.17, 15) is 16.8 Å². The van der Waals surface area contributed by atoms with Gasteiger partial charge in [0, 0.05) is 32.0 Å². The van der Waals surface area contributed by atoms with Crippen LogP contribution >= 0.6 is 0 Å². The number of benzene rings is 1. The lowest BCUT2D eigenvalue weighted by atomic mass is 10.0. The van der Waals surface area contributed by atoms with Gasteiger partial charge in [-0.3, -0.25) is 4.90 Å². The van der Waals surface area contributed by atoms with Gasteiger partial charge in [0.15, 0.2) is 25.5 Å². The number of likely N-dealkylation sites (tertiary alicyclic amines) is 1. The minimum atomic E-state index is -3.80. The first-order valence-corrected chi connectivity index (χ1v) is 12.7. The molecular formula is C18H25NO7S2. The third kappa shape index (κ3) is 3.68. The number of hydrogen-bond acceptors (Lipinski definition) is 8. The quantitative estimate of drug-likeness (QED) is 0.679. The molecule has 0 radical (unpaired) electrons. The number of sulfone groups is 2. The number of piperidine rings is 1. The highest BCUT2D eigenvalue weighted by Crippen LogP contribution is 2.36. The highest BCUT2D eigenvalue weighted by Gasteiger charge is 2.50. The molecule has 4 rings (SSSR count). The average molecular weight is 432 g/mol. The molecule has 3 aliphatic rings. The molecule has 0 aliphatic carbocycles. The van der Waals surface area contributed by atoms with E-state index in [4.69, 9.17) is 14.2 Å². The van der Waals surface area contributed by atoms with Gasteiger partial charge >= 0.3 is 0 Å². The maximum atomic E-state index is 13.2. The van der Waals surface area contributed by atoms with E-state index >= 15 is 0 Å². The summed E-state index contributed by atoms with van der Waals surface area (Å²) in [5.41, 5.74) is 0. The van der Waals surface area contributed by atoms with Gasteiger partial charge in [-0.2, -0.15) is 0 Å². The van der Waals surface area contributed by atoms with E-state index in [1.165, 1.54) is 19.2 Å². The van der Waals surface area contributed by atoms with Crippen molar-refractivity contribution in [1.29, 1.82) is 0 Å². The molecule has 0 bridgehead atoms. The van der Waals surface area contributed by atoms with Crippen LogP contribution in [0.3, 0.4) is 0 Å². The molecule has 0 N–H and O–H groups in total. The molecule has 2 atom stereocenters. The normalized spacial score (nSPS) is 29.9. The van der Waals surface area contributed by atoms with Gasteiger partial charge in [0.05, 0.1) is 42.0 Å². The molecular weight excluding hydrogens is 406 g/mol. The fourth-order valence-corrected chi connectivity index (χ4v) is 9.19. The van der Waals surface area contributed by atoms with Gasteiger partial charge in [-0.25, -0.2) is 16.8 Å². The zero-order valence-electron chi connectivity index (χ0n) is 15.7. The van der Waals surface area contributed by atoms with Gasteiger partial charge in [-0.15, -0.1) is 0 Å². The number of rotatable bonds is 4. The first-order chi connectivity index (χ1) is 13.2. The Morgan fingerprint density at radius 3 is 2.25 bits per heavy atom. The second-order valence-corrected chi connectivity index (χ2v) is 11.9. The van der Waals surface area contributed by atoms with E-state index in [0.717, 1.165) is 0 Å². The Kier molecular flexibility index (Phi) is 5.20. The van der Waals surface area contributed by atoms with Gasteiger partial charge in [-0.05, 0) is 24.3 Å². The lowest BCUT2D eigenvalue weighted by Gasteiger charge is -2.41. The summed E-state index contributed by atoms with van der Waals surface area (Å²) in [6, 6.07) is 5.54. The van der Waals surface area contributed by atoms with Crippen LogP contribution in [0.5, 0.6) is 5.75 Å². The van der Waals surface area contributed by atoms with Gasteiger partial charge in [0.1, 0.15) is 5.75 Å². The van der Waals surface area contributed by atoms with Crippen LogP contribution in [0.15, 0.2) is 29.2 Å². The molecule has 10 heteroatoms. The summed E-state index contributed by atoms with van der Waals surface area (Å²) < 4.78 is 67.7. The highest BCUT2D eigenvalue weighted by molar-refractivity contribution is 7.96. The molecule has 0 amide bonds. The number of ether oxygens (including phenoxy) is 3. The van der Waals surface area contributed by atoms with E-state index in [1.807, 2.05) is 4.90 Å². The number of hydrogen-bond donors (Lipinski definition) is 0. The minimum absolute atomic E-state index is 0.122. The van der Waals surface area contributed by atoms with E-state index in [0.29, 0.717) is 44.9 Å². The highest BCUT2D eigenvalue weighted by atomic mass is 32.2. The summed E-state index contributed by atoms with van der Waals surface area (Å²) in [7, 11) is -5.73. The van der Waals surface area contributed by atoms with Crippen LogP contribution in [0.25, 0.3) is 0 Å². The van der Waals surface area contributed by atoms with Crippen LogP contribution in [0, 0.1) is 0 Å². The van der Waals surface area contributed by atoms with Crippen molar-refractivity contribution in [3.8, 4) is 5.75 Å². The molecule has 8 nitrogen and oxygen atoms in total. The first-order valence-electron chi connectivity index (χ1n) is 9.35. The van der Waals surface area contributed by atoms with Crippen LogP contribution in [0.2, 0.25) is 0 Å². The molecule has 3 fully saturated rings. The van der Waals surface area contributed by atoms with Gasteiger partial charge in [0.2, 0.25) is 0 Å². The molecule has 0 aromatic heterocycles. The molecule has 1 spiro atoms. The summed E-state index contributed by atoms with van der Waals surface area (Å²) in [4.78, 5) is 2.10. The van der Waals surface area contributed by atoms with Crippen LogP contribution in [0.1, 0.15) is 12.8 Å². The fourth-order valence-electron chi connectivity index (χ4n) is 4.36. The Labute approximate surface area is 165 Å². The van der Waals surface area contributed by atoms with Crippen LogP contribution in [-0.4, -0.2) is 83.7 Å². The van der Waals surface area contributed by atoms with Gasteiger partial charge in [-0.1, -0.05) is 0 Å². The third-order valence-electron chi connectivity index (χ3n) is 5.90. The van der Waals surface area contributed by atoms with Gasteiger partial charge in [0.25, 0.3) is 0 Å². The Morgan fingerprint density at radius 2 is 1.68 bits per heavy atom. The molecule has 156 valence electrons. The Hall–Kier alpha value is -1.20. The standard InChI is InChI=1S/C18H25NO7S2/c1-24-14-2-4-15(5-3-14)28(22,23)17-13-27(20,21)12-16(17)19-8-6-18(7-9-19)25-10-11-26-18/h2-5,16-17H,6-13H2,1H3/t16-,17-/m0/s1. The monoisotopic (exact) mass is 431 g/mol. The summed E-state index contributed by atoms with van der Waals surface area (Å²) >= 11 is 0. The van der Waals surface area contributed by atoms with E-state index in [2.05, 4.69) is 0 Å². The van der Waals surface area contributed by atoms with Crippen molar-refractivity contribution < 1.29 is 31.0 Å². The van der Waals surface area contributed by atoms with Crippen molar-refractivity contribution in [1.82, 2.24) is 4.90 Å². The molecule has 1 aromatic rings. The van der Waals surface area contributed by atoms with Crippen molar-refractivity contribution in [3.05, 3.63) is 24.3 Å². The van der Waals surface area contributed by atoms with Crippen LogP contribution in [0.4, 0.5) is 0 Å². The molecule has 0 unspecified atom stereocenters. The second kappa shape index (κ2) is 7.24. The van der Waals surface area contributed by atoms with E-state index in [-0.39, 0.29) is 16.4 Å². The lowest BCUT2D eigenvalue weighted by Crippen LogP contribution is -2.53. The van der Waals surface area contributed by atoms with Crippen molar-refractivity contribution in [2.75, 3.05) is 44.9 Å². The van der Waals surface area contributed by atoms with E-state index < -0.39 is 36.8 Å². The summed E-state index contributed by atoms with van der Waals surface area (Å²) in [6.07, 6.45) is 1.22. The summed E-state index contributed by atoms with van der Waals surface area (Å²) in [5, 5.41) is -0.981. The Bertz CT molecular complexity index is 911. The molecule has 1 aromatic carbocycles. The fraction of sp³-hybridized carbons (Fsp3) is 0.667. The number of nitrogens with zero attached hydrogens (tertiary/aromatic N) is 1. The predicted octanol–water partition coefficient (Wildman–Crippen LogP) is 0.473. The maximum Gasteiger partial charge on any atom is 0.183 e. The minimum Gasteiger partial charge on any atom is -0.497 e. The largest absolute Gasteiger partial charge is 0.497 e. The zero-order chi connectivity index (χ0) is 20.0. The summed E-state index contributed by atoms with van der Waals surface area (Å²) in [6.45, 7) is 2.22. The second-order valence-electron chi connectivity index (χ2n) is 7.55. The maximum absolute atomic E-state index is 13.2. The summed E-state index contributed by atoms with van der Waals surface area (Å²) in [5.74, 6) is -0.520. The predicted molar refractivity (Wildman–Crippen MR) is 102 cm³/mol. The Balaban J connectivity index is 1.57.